The quantitative estimate of drug-likeness (QED) is 0.266. The molecule has 0 fully saturated rings. The Hall–Kier alpha value is -0.0400. The Morgan fingerprint density at radius 3 is 1.41 bits per heavy atom. The lowest BCUT2D eigenvalue weighted by atomic mass is 10.0. The molecule has 0 bridgehead atoms. The monoisotopic (exact) mass is 311 g/mol. The van der Waals surface area contributed by atoms with Crippen molar-refractivity contribution >= 4 is 0 Å². The first-order valence-corrected chi connectivity index (χ1v) is 10.5. The number of hydrogen-bond donors (Lipinski definition) is 1. The van der Waals surface area contributed by atoms with Crippen LogP contribution in [0.4, 0.5) is 0 Å². The maximum absolute atomic E-state index is 3.60. The molecule has 1 N–H and O–H groups in total. The summed E-state index contributed by atoms with van der Waals surface area (Å²) in [6.07, 6.45) is 21.4. The summed E-state index contributed by atoms with van der Waals surface area (Å²) >= 11 is 0. The highest BCUT2D eigenvalue weighted by molar-refractivity contribution is 4.52. The topological polar surface area (TPSA) is 12.0 Å². The van der Waals surface area contributed by atoms with Gasteiger partial charge in [0.1, 0.15) is 0 Å². The summed E-state index contributed by atoms with van der Waals surface area (Å²) in [5.74, 6) is 0.893. The molecule has 0 saturated heterocycles. The van der Waals surface area contributed by atoms with E-state index in [1.54, 1.807) is 0 Å². The minimum Gasteiger partial charge on any atom is -0.317 e. The second kappa shape index (κ2) is 19.0. The maximum Gasteiger partial charge on any atom is -0.00489 e. The molecular formula is C21H45N. The Morgan fingerprint density at radius 2 is 0.955 bits per heavy atom. The molecule has 0 heterocycles. The lowest BCUT2D eigenvalue weighted by molar-refractivity contribution is 0.503. The zero-order chi connectivity index (χ0) is 16.3. The first-order chi connectivity index (χ1) is 10.8. The smallest absolute Gasteiger partial charge is 0.00489 e. The van der Waals surface area contributed by atoms with Crippen LogP contribution >= 0.6 is 0 Å². The van der Waals surface area contributed by atoms with Crippen molar-refractivity contribution in [2.75, 3.05) is 13.1 Å². The van der Waals surface area contributed by atoms with Gasteiger partial charge in [-0.05, 0) is 31.8 Å². The van der Waals surface area contributed by atoms with E-state index in [9.17, 15) is 0 Å². The molecule has 22 heavy (non-hydrogen) atoms. The van der Waals surface area contributed by atoms with Crippen LogP contribution in [0.25, 0.3) is 0 Å². The molecule has 0 spiro atoms. The molecule has 0 radical (unpaired) electrons. The third-order valence-corrected chi connectivity index (χ3v) is 4.59. The van der Waals surface area contributed by atoms with Gasteiger partial charge in [-0.15, -0.1) is 0 Å². The van der Waals surface area contributed by atoms with Gasteiger partial charge < -0.3 is 5.32 Å². The first kappa shape index (κ1) is 22.0. The summed E-state index contributed by atoms with van der Waals surface area (Å²) in [4.78, 5) is 0. The predicted octanol–water partition coefficient (Wildman–Crippen LogP) is 7.10. The van der Waals surface area contributed by atoms with Crippen LogP contribution in [0.3, 0.4) is 0 Å². The molecule has 1 heteroatoms. The van der Waals surface area contributed by atoms with Gasteiger partial charge in [-0.1, -0.05) is 104 Å². The largest absolute Gasteiger partial charge is 0.317 e. The fourth-order valence-electron chi connectivity index (χ4n) is 3.02. The summed E-state index contributed by atoms with van der Waals surface area (Å²) in [5.41, 5.74) is 0. The van der Waals surface area contributed by atoms with E-state index in [1.807, 2.05) is 0 Å². The van der Waals surface area contributed by atoms with Crippen LogP contribution in [0.2, 0.25) is 0 Å². The van der Waals surface area contributed by atoms with Crippen molar-refractivity contribution in [3.05, 3.63) is 0 Å². The van der Waals surface area contributed by atoms with E-state index in [-0.39, 0.29) is 0 Å². The van der Waals surface area contributed by atoms with Crippen molar-refractivity contribution in [1.29, 1.82) is 0 Å². The lowest BCUT2D eigenvalue weighted by Crippen LogP contribution is -2.16. The van der Waals surface area contributed by atoms with Crippen molar-refractivity contribution in [3.8, 4) is 0 Å². The third-order valence-electron chi connectivity index (χ3n) is 4.59. The van der Waals surface area contributed by atoms with Crippen molar-refractivity contribution < 1.29 is 0 Å². The van der Waals surface area contributed by atoms with Crippen molar-refractivity contribution in [1.82, 2.24) is 5.32 Å². The molecular weight excluding hydrogens is 266 g/mol. The van der Waals surface area contributed by atoms with Gasteiger partial charge in [0.2, 0.25) is 0 Å². The van der Waals surface area contributed by atoms with Crippen LogP contribution in [0.15, 0.2) is 0 Å². The molecule has 0 atom stereocenters. The Balaban J connectivity index is 2.94. The van der Waals surface area contributed by atoms with E-state index in [0.717, 1.165) is 5.92 Å². The molecule has 0 saturated carbocycles. The van der Waals surface area contributed by atoms with Crippen LogP contribution in [-0.2, 0) is 0 Å². The minimum absolute atomic E-state index is 0.893. The van der Waals surface area contributed by atoms with Gasteiger partial charge in [0.15, 0.2) is 0 Å². The van der Waals surface area contributed by atoms with Crippen LogP contribution in [0, 0.1) is 5.92 Å². The Bertz CT molecular complexity index is 188. The van der Waals surface area contributed by atoms with Crippen LogP contribution in [-0.4, -0.2) is 13.1 Å². The second-order valence-electron chi connectivity index (χ2n) is 7.53. The summed E-state index contributed by atoms with van der Waals surface area (Å²) in [7, 11) is 0. The molecule has 0 aromatic carbocycles. The van der Waals surface area contributed by atoms with Gasteiger partial charge in [-0.25, -0.2) is 0 Å². The van der Waals surface area contributed by atoms with Gasteiger partial charge in [0.25, 0.3) is 0 Å². The average molecular weight is 312 g/mol. The Kier molecular flexibility index (Phi) is 19.0. The molecule has 0 aromatic rings. The summed E-state index contributed by atoms with van der Waals surface area (Å²) in [5, 5.41) is 3.60. The molecule has 134 valence electrons. The van der Waals surface area contributed by atoms with E-state index in [2.05, 4.69) is 26.1 Å². The average Bonchev–Trinajstić information content (AvgIpc) is 2.50. The highest BCUT2D eigenvalue weighted by Crippen LogP contribution is 2.12. The first-order valence-electron chi connectivity index (χ1n) is 10.5. The van der Waals surface area contributed by atoms with Crippen molar-refractivity contribution in [2.45, 2.75) is 117 Å². The zero-order valence-corrected chi connectivity index (χ0v) is 16.1. The van der Waals surface area contributed by atoms with Crippen LogP contribution < -0.4 is 5.32 Å². The molecule has 0 unspecified atom stereocenters. The molecule has 0 amide bonds. The highest BCUT2D eigenvalue weighted by atomic mass is 14.8. The molecule has 0 aromatic heterocycles. The number of rotatable bonds is 18. The van der Waals surface area contributed by atoms with Gasteiger partial charge >= 0.3 is 0 Å². The summed E-state index contributed by atoms with van der Waals surface area (Å²) in [6.45, 7) is 9.43. The van der Waals surface area contributed by atoms with E-state index < -0.39 is 0 Å². The fourth-order valence-corrected chi connectivity index (χ4v) is 3.02. The SMILES string of the molecule is CCCCCCCNCCCCCCCCCCCC(C)C. The molecule has 0 aliphatic rings. The van der Waals surface area contributed by atoms with Crippen molar-refractivity contribution in [3.63, 3.8) is 0 Å². The molecule has 0 aliphatic heterocycles. The van der Waals surface area contributed by atoms with E-state index >= 15 is 0 Å². The predicted molar refractivity (Wildman–Crippen MR) is 103 cm³/mol. The molecule has 0 aliphatic carbocycles. The Morgan fingerprint density at radius 1 is 0.545 bits per heavy atom. The molecule has 1 nitrogen and oxygen atoms in total. The number of unbranched alkanes of at least 4 members (excludes halogenated alkanes) is 12. The van der Waals surface area contributed by atoms with Gasteiger partial charge in [-0.3, -0.25) is 0 Å². The van der Waals surface area contributed by atoms with Crippen LogP contribution in [0.1, 0.15) is 117 Å². The summed E-state index contributed by atoms with van der Waals surface area (Å²) < 4.78 is 0. The fraction of sp³-hybridized carbons (Fsp3) is 1.00. The standard InChI is InChI=1S/C21H45N/c1-4-5-6-13-16-19-22-20-17-14-11-9-7-8-10-12-15-18-21(2)3/h21-22H,4-20H2,1-3H3. The van der Waals surface area contributed by atoms with Crippen molar-refractivity contribution in [2.24, 2.45) is 5.92 Å². The second-order valence-corrected chi connectivity index (χ2v) is 7.53. The van der Waals surface area contributed by atoms with Gasteiger partial charge in [-0.2, -0.15) is 0 Å². The third kappa shape index (κ3) is 20.0. The maximum atomic E-state index is 3.60. The Labute approximate surface area is 142 Å². The summed E-state index contributed by atoms with van der Waals surface area (Å²) in [6, 6.07) is 0. The zero-order valence-electron chi connectivity index (χ0n) is 16.1. The number of hydrogen-bond acceptors (Lipinski definition) is 1. The van der Waals surface area contributed by atoms with Gasteiger partial charge in [0, 0.05) is 0 Å². The number of nitrogens with one attached hydrogen (secondary N) is 1. The van der Waals surface area contributed by atoms with E-state index in [1.165, 1.54) is 109 Å². The van der Waals surface area contributed by atoms with E-state index in [0.29, 0.717) is 0 Å². The highest BCUT2D eigenvalue weighted by Gasteiger charge is 1.95. The minimum atomic E-state index is 0.893. The van der Waals surface area contributed by atoms with Crippen LogP contribution in [0.5, 0.6) is 0 Å². The van der Waals surface area contributed by atoms with Gasteiger partial charge in [0.05, 0.1) is 0 Å². The normalized spacial score (nSPS) is 11.5. The lowest BCUT2D eigenvalue weighted by Gasteiger charge is -2.06. The van der Waals surface area contributed by atoms with E-state index in [4.69, 9.17) is 0 Å². The molecule has 0 rings (SSSR count).